The number of carbonyl (C=O) groups excluding carboxylic acids is 1. The van der Waals surface area contributed by atoms with Gasteiger partial charge in [0.2, 0.25) is 0 Å². The molecular formula is C22H27N3O3. The summed E-state index contributed by atoms with van der Waals surface area (Å²) in [6, 6.07) is 13.7. The van der Waals surface area contributed by atoms with Crippen LogP contribution in [-0.2, 0) is 11.3 Å². The lowest BCUT2D eigenvalue weighted by molar-refractivity contribution is -0.0449. The standard InChI is InChI=1S/C22H27N3O3/c1-27-19-7-5-17(6-8-19)15-25-12-9-22(10-13-25)14-18(16-28-22)24-21(26)20-4-2-3-11-23-20/h2-8,11,18H,9-10,12-16H2,1H3,(H,24,26)/t18-/m0/s1. The van der Waals surface area contributed by atoms with Gasteiger partial charge < -0.3 is 14.8 Å². The average Bonchev–Trinajstić information content (AvgIpc) is 3.13. The number of methoxy groups -OCH3 is 1. The van der Waals surface area contributed by atoms with E-state index >= 15 is 0 Å². The fourth-order valence-electron chi connectivity index (χ4n) is 4.15. The molecule has 4 rings (SSSR count). The van der Waals surface area contributed by atoms with Crippen molar-refractivity contribution in [3.63, 3.8) is 0 Å². The fraction of sp³-hybridized carbons (Fsp3) is 0.455. The molecule has 1 aromatic heterocycles. The number of hydrogen-bond acceptors (Lipinski definition) is 5. The Balaban J connectivity index is 1.27. The maximum absolute atomic E-state index is 12.3. The molecule has 1 amide bonds. The average molecular weight is 381 g/mol. The molecule has 148 valence electrons. The van der Waals surface area contributed by atoms with Crippen molar-refractivity contribution < 1.29 is 14.3 Å². The van der Waals surface area contributed by atoms with Gasteiger partial charge in [-0.1, -0.05) is 18.2 Å². The fourth-order valence-corrected chi connectivity index (χ4v) is 4.15. The molecule has 2 fully saturated rings. The van der Waals surface area contributed by atoms with Crippen LogP contribution in [0.5, 0.6) is 5.75 Å². The molecule has 0 saturated carbocycles. The van der Waals surface area contributed by atoms with Gasteiger partial charge in [-0.2, -0.15) is 0 Å². The number of aromatic nitrogens is 1. The van der Waals surface area contributed by atoms with Crippen LogP contribution < -0.4 is 10.1 Å². The van der Waals surface area contributed by atoms with Crippen molar-refractivity contribution in [2.75, 3.05) is 26.8 Å². The third kappa shape index (κ3) is 4.34. The van der Waals surface area contributed by atoms with E-state index in [0.717, 1.165) is 44.6 Å². The molecule has 1 aromatic carbocycles. The Morgan fingerprint density at radius 3 is 2.71 bits per heavy atom. The summed E-state index contributed by atoms with van der Waals surface area (Å²) in [6.07, 6.45) is 4.51. The van der Waals surface area contributed by atoms with Crippen LogP contribution in [0.1, 0.15) is 35.3 Å². The predicted molar refractivity (Wildman–Crippen MR) is 106 cm³/mol. The zero-order valence-corrected chi connectivity index (χ0v) is 16.3. The molecule has 2 aliphatic rings. The van der Waals surface area contributed by atoms with Crippen LogP contribution in [0.4, 0.5) is 0 Å². The largest absolute Gasteiger partial charge is 0.497 e. The summed E-state index contributed by atoms with van der Waals surface area (Å²) >= 11 is 0. The van der Waals surface area contributed by atoms with Crippen LogP contribution in [0.2, 0.25) is 0 Å². The summed E-state index contributed by atoms with van der Waals surface area (Å²) in [6.45, 7) is 3.54. The Morgan fingerprint density at radius 2 is 2.04 bits per heavy atom. The summed E-state index contributed by atoms with van der Waals surface area (Å²) < 4.78 is 11.4. The van der Waals surface area contributed by atoms with E-state index in [-0.39, 0.29) is 17.6 Å². The van der Waals surface area contributed by atoms with E-state index in [9.17, 15) is 4.79 Å². The van der Waals surface area contributed by atoms with Gasteiger partial charge in [0.15, 0.2) is 0 Å². The van der Waals surface area contributed by atoms with Gasteiger partial charge in [0.1, 0.15) is 11.4 Å². The number of pyridine rings is 1. The summed E-state index contributed by atoms with van der Waals surface area (Å²) in [7, 11) is 1.69. The van der Waals surface area contributed by atoms with E-state index in [0.29, 0.717) is 12.3 Å². The molecule has 1 N–H and O–H groups in total. The SMILES string of the molecule is COc1ccc(CN2CCC3(CC2)C[C@H](NC(=O)c2ccccn2)CO3)cc1. The predicted octanol–water partition coefficient (Wildman–Crippen LogP) is 2.64. The van der Waals surface area contributed by atoms with E-state index in [1.165, 1.54) is 5.56 Å². The second-order valence-corrected chi connectivity index (χ2v) is 7.71. The van der Waals surface area contributed by atoms with Gasteiger partial charge in [0.05, 0.1) is 25.4 Å². The van der Waals surface area contributed by atoms with Crippen LogP contribution in [0.15, 0.2) is 48.7 Å². The van der Waals surface area contributed by atoms with Crippen molar-refractivity contribution in [3.05, 3.63) is 59.9 Å². The smallest absolute Gasteiger partial charge is 0.270 e. The van der Waals surface area contributed by atoms with Gasteiger partial charge in [-0.05, 0) is 49.1 Å². The molecule has 6 nitrogen and oxygen atoms in total. The van der Waals surface area contributed by atoms with Gasteiger partial charge in [-0.25, -0.2) is 0 Å². The van der Waals surface area contributed by atoms with Crippen LogP contribution in [-0.4, -0.2) is 54.2 Å². The lowest BCUT2D eigenvalue weighted by Crippen LogP contribution is -2.44. The Hall–Kier alpha value is -2.44. The maximum atomic E-state index is 12.3. The molecular weight excluding hydrogens is 354 g/mol. The number of rotatable bonds is 5. The first-order valence-corrected chi connectivity index (χ1v) is 9.87. The Labute approximate surface area is 165 Å². The second-order valence-electron chi connectivity index (χ2n) is 7.71. The Bertz CT molecular complexity index is 786. The highest BCUT2D eigenvalue weighted by Crippen LogP contribution is 2.36. The zero-order valence-electron chi connectivity index (χ0n) is 16.3. The quantitative estimate of drug-likeness (QED) is 0.863. The number of piperidine rings is 1. The summed E-state index contributed by atoms with van der Waals surface area (Å²) in [5, 5.41) is 3.08. The number of hydrogen-bond donors (Lipinski definition) is 1. The first kappa shape index (κ1) is 18.9. The van der Waals surface area contributed by atoms with Crippen LogP contribution >= 0.6 is 0 Å². The van der Waals surface area contributed by atoms with Gasteiger partial charge >= 0.3 is 0 Å². The summed E-state index contributed by atoms with van der Waals surface area (Å²) in [4.78, 5) is 18.9. The first-order chi connectivity index (χ1) is 13.7. The van der Waals surface area contributed by atoms with Crippen molar-refractivity contribution in [3.8, 4) is 5.75 Å². The molecule has 6 heteroatoms. The van der Waals surface area contributed by atoms with Crippen molar-refractivity contribution >= 4 is 5.91 Å². The molecule has 1 spiro atoms. The molecule has 0 aliphatic carbocycles. The van der Waals surface area contributed by atoms with Gasteiger partial charge in [-0.15, -0.1) is 0 Å². The highest BCUT2D eigenvalue weighted by atomic mass is 16.5. The molecule has 0 radical (unpaired) electrons. The molecule has 3 heterocycles. The van der Waals surface area contributed by atoms with Crippen LogP contribution in [0.25, 0.3) is 0 Å². The van der Waals surface area contributed by atoms with E-state index in [4.69, 9.17) is 9.47 Å². The van der Waals surface area contributed by atoms with Crippen molar-refractivity contribution in [2.45, 2.75) is 37.5 Å². The lowest BCUT2D eigenvalue weighted by Gasteiger charge is -2.38. The number of nitrogens with zero attached hydrogens (tertiary/aromatic N) is 2. The van der Waals surface area contributed by atoms with Crippen molar-refractivity contribution in [1.82, 2.24) is 15.2 Å². The van der Waals surface area contributed by atoms with E-state index in [2.05, 4.69) is 27.3 Å². The number of nitrogens with one attached hydrogen (secondary N) is 1. The molecule has 2 aromatic rings. The van der Waals surface area contributed by atoms with Crippen LogP contribution in [0, 0.1) is 0 Å². The second kappa shape index (κ2) is 8.29. The maximum Gasteiger partial charge on any atom is 0.270 e. The van der Waals surface area contributed by atoms with Crippen molar-refractivity contribution in [2.24, 2.45) is 0 Å². The normalized spacial score (nSPS) is 21.5. The summed E-state index contributed by atoms with van der Waals surface area (Å²) in [5.41, 5.74) is 1.65. The third-order valence-corrected chi connectivity index (χ3v) is 5.77. The van der Waals surface area contributed by atoms with Crippen molar-refractivity contribution in [1.29, 1.82) is 0 Å². The Kier molecular flexibility index (Phi) is 5.59. The minimum absolute atomic E-state index is 0.0580. The zero-order chi connectivity index (χ0) is 19.4. The summed E-state index contributed by atoms with van der Waals surface area (Å²) in [5.74, 6) is 0.766. The number of benzene rings is 1. The van der Waals surface area contributed by atoms with Gasteiger partial charge in [0, 0.05) is 25.8 Å². The third-order valence-electron chi connectivity index (χ3n) is 5.77. The van der Waals surface area contributed by atoms with Gasteiger partial charge in [0.25, 0.3) is 5.91 Å². The molecule has 28 heavy (non-hydrogen) atoms. The van der Waals surface area contributed by atoms with E-state index in [1.54, 1.807) is 19.4 Å². The molecule has 2 aliphatic heterocycles. The minimum Gasteiger partial charge on any atom is -0.497 e. The van der Waals surface area contributed by atoms with E-state index in [1.807, 2.05) is 24.3 Å². The minimum atomic E-state index is -0.122. The highest BCUT2D eigenvalue weighted by Gasteiger charge is 2.43. The van der Waals surface area contributed by atoms with Crippen LogP contribution in [0.3, 0.4) is 0 Å². The first-order valence-electron chi connectivity index (χ1n) is 9.87. The molecule has 2 saturated heterocycles. The highest BCUT2D eigenvalue weighted by molar-refractivity contribution is 5.92. The lowest BCUT2D eigenvalue weighted by atomic mass is 9.87. The monoisotopic (exact) mass is 381 g/mol. The van der Waals surface area contributed by atoms with E-state index < -0.39 is 0 Å². The van der Waals surface area contributed by atoms with Gasteiger partial charge in [-0.3, -0.25) is 14.7 Å². The number of ether oxygens (including phenoxy) is 2. The topological polar surface area (TPSA) is 63.7 Å². The number of carbonyl (C=O) groups is 1. The molecule has 1 atom stereocenters. The number of likely N-dealkylation sites (tertiary alicyclic amines) is 1. The number of amides is 1. The molecule has 0 unspecified atom stereocenters. The Morgan fingerprint density at radius 1 is 1.25 bits per heavy atom. The molecule has 0 bridgehead atoms.